The van der Waals surface area contributed by atoms with E-state index in [1.807, 2.05) is 0 Å². The molecule has 0 spiro atoms. The van der Waals surface area contributed by atoms with Gasteiger partial charge in [0, 0.05) is 24.8 Å². The second-order valence-electron chi connectivity index (χ2n) is 5.07. The molecule has 13 heteroatoms. The predicted octanol–water partition coefficient (Wildman–Crippen LogP) is 0.863. The lowest BCUT2D eigenvalue weighted by molar-refractivity contribution is -0.288. The van der Waals surface area contributed by atoms with Crippen LogP contribution in [-0.4, -0.2) is 70.0 Å². The molecule has 0 aromatic carbocycles. The van der Waals surface area contributed by atoms with E-state index in [-0.39, 0.29) is 0 Å². The zero-order valence-corrected chi connectivity index (χ0v) is 15.8. The van der Waals surface area contributed by atoms with Crippen LogP contribution in [0.4, 0.5) is 0 Å². The molecule has 10 nitrogen and oxygen atoms in total. The normalized spacial score (nSPS) is 29.5. The highest BCUT2D eigenvalue weighted by Gasteiger charge is 2.51. The van der Waals surface area contributed by atoms with E-state index in [0.29, 0.717) is 0 Å². The number of nitrogens with one attached hydrogen (secondary N) is 1. The van der Waals surface area contributed by atoms with Crippen LogP contribution in [0.2, 0.25) is 0 Å². The standard InChI is InChI=1S/C14H18Cl3NO9/c1-5(19)23-4-8-10(24-6(2)20)11(25-7(3)21)9(22)12(26-8)27-13(18)14(15,16)17/h8-12,18,22H,4H2,1-3H3/t8-,9+,10-,11-,12?/m1/s1/i1D,2D,3D. The summed E-state index contributed by atoms with van der Waals surface area (Å²) in [6.45, 7) is -3.06. The third kappa shape index (κ3) is 7.30. The van der Waals surface area contributed by atoms with Crippen LogP contribution in [-0.2, 0) is 38.1 Å². The van der Waals surface area contributed by atoms with Gasteiger partial charge in [-0.25, -0.2) is 0 Å². The minimum atomic E-state index is -2.34. The number of aliphatic hydroxyl groups is 1. The van der Waals surface area contributed by atoms with E-state index in [1.54, 1.807) is 0 Å². The third-order valence-corrected chi connectivity index (χ3v) is 3.56. The minimum Gasteiger partial charge on any atom is -0.463 e. The minimum absolute atomic E-state index is 0.643. The molecule has 0 amide bonds. The van der Waals surface area contributed by atoms with Gasteiger partial charge in [-0.2, -0.15) is 0 Å². The molecule has 1 aliphatic rings. The zero-order valence-electron chi connectivity index (χ0n) is 16.6. The van der Waals surface area contributed by atoms with Crippen molar-refractivity contribution in [2.24, 2.45) is 0 Å². The first-order valence-electron chi connectivity index (χ1n) is 9.14. The van der Waals surface area contributed by atoms with Gasteiger partial charge in [-0.05, 0) is 0 Å². The van der Waals surface area contributed by atoms with Gasteiger partial charge in [0.05, 0.1) is 0 Å². The van der Waals surface area contributed by atoms with Crippen LogP contribution in [0.25, 0.3) is 0 Å². The van der Waals surface area contributed by atoms with Crippen molar-refractivity contribution >= 4 is 58.6 Å². The molecule has 0 bridgehead atoms. The topological polar surface area (TPSA) is 141 Å². The van der Waals surface area contributed by atoms with Crippen molar-refractivity contribution < 1.29 is 47.3 Å². The second-order valence-corrected chi connectivity index (χ2v) is 7.35. The molecule has 1 fully saturated rings. The van der Waals surface area contributed by atoms with Gasteiger partial charge in [-0.3, -0.25) is 19.8 Å². The van der Waals surface area contributed by atoms with E-state index in [0.717, 1.165) is 0 Å². The van der Waals surface area contributed by atoms with Crippen LogP contribution in [0.3, 0.4) is 0 Å². The first-order chi connectivity index (χ1) is 13.9. The fourth-order valence-electron chi connectivity index (χ4n) is 2.06. The zero-order chi connectivity index (χ0) is 23.1. The number of ether oxygens (including phenoxy) is 5. The quantitative estimate of drug-likeness (QED) is 0.204. The third-order valence-electron chi connectivity index (χ3n) is 3.05. The van der Waals surface area contributed by atoms with Crippen molar-refractivity contribution in [2.45, 2.75) is 55.2 Å². The maximum atomic E-state index is 11.6. The summed E-state index contributed by atoms with van der Waals surface area (Å²) < 4.78 is 43.8. The molecule has 0 radical (unpaired) electrons. The van der Waals surface area contributed by atoms with E-state index in [9.17, 15) is 19.5 Å². The summed E-state index contributed by atoms with van der Waals surface area (Å²) in [7, 11) is 0. The molecule has 0 aromatic heterocycles. The summed E-state index contributed by atoms with van der Waals surface area (Å²) in [6.07, 6.45) is -8.44. The van der Waals surface area contributed by atoms with E-state index in [2.05, 4.69) is 0 Å². The van der Waals surface area contributed by atoms with Crippen molar-refractivity contribution in [3.8, 4) is 0 Å². The molecule has 2 N–H and O–H groups in total. The molecule has 1 heterocycles. The Bertz CT molecular complexity index is 652. The van der Waals surface area contributed by atoms with Crippen LogP contribution < -0.4 is 0 Å². The molecule has 0 aliphatic carbocycles. The van der Waals surface area contributed by atoms with Gasteiger partial charge in [0.2, 0.25) is 12.2 Å². The van der Waals surface area contributed by atoms with Gasteiger partial charge >= 0.3 is 17.9 Å². The highest BCUT2D eigenvalue weighted by molar-refractivity contribution is 6.76. The van der Waals surface area contributed by atoms with Crippen molar-refractivity contribution in [3.63, 3.8) is 0 Å². The van der Waals surface area contributed by atoms with Gasteiger partial charge < -0.3 is 28.8 Å². The second kappa shape index (κ2) is 9.74. The SMILES string of the molecule is [2H]CC(=O)OC[C@H]1OC(OC(=N)C(Cl)(Cl)Cl)[C@@H](O)[C@@H](OC(=O)C[2H])[C@@H]1OC(=O)C[2H]. The summed E-state index contributed by atoms with van der Waals surface area (Å²) in [4.78, 5) is 34.6. The average Bonchev–Trinajstić information content (AvgIpc) is 2.69. The summed E-state index contributed by atoms with van der Waals surface area (Å²) in [5.74, 6) is -4.15. The number of alkyl halides is 3. The Kier molecular flexibility index (Phi) is 6.86. The largest absolute Gasteiger partial charge is 0.463 e. The Hall–Kier alpha value is -1.33. The molecule has 5 atom stereocenters. The van der Waals surface area contributed by atoms with Crippen molar-refractivity contribution in [2.75, 3.05) is 6.61 Å². The van der Waals surface area contributed by atoms with E-state index in [1.165, 1.54) is 0 Å². The van der Waals surface area contributed by atoms with Crippen LogP contribution in [0, 0.1) is 5.41 Å². The van der Waals surface area contributed by atoms with Crippen molar-refractivity contribution in [1.82, 2.24) is 0 Å². The monoisotopic (exact) mass is 452 g/mol. The number of hydrogen-bond acceptors (Lipinski definition) is 10. The van der Waals surface area contributed by atoms with Crippen molar-refractivity contribution in [1.29, 1.82) is 5.41 Å². The van der Waals surface area contributed by atoms with Gasteiger partial charge in [-0.15, -0.1) is 0 Å². The Morgan fingerprint density at radius 3 is 2.15 bits per heavy atom. The molecule has 0 saturated carbocycles. The van der Waals surface area contributed by atoms with Crippen LogP contribution in [0.15, 0.2) is 0 Å². The van der Waals surface area contributed by atoms with Gasteiger partial charge in [-0.1, -0.05) is 34.8 Å². The highest BCUT2D eigenvalue weighted by atomic mass is 35.6. The summed E-state index contributed by atoms with van der Waals surface area (Å²) in [5, 5.41) is 18.1. The smallest absolute Gasteiger partial charge is 0.303 e. The van der Waals surface area contributed by atoms with E-state index in [4.69, 9.17) is 68.0 Å². The fourth-order valence-corrected chi connectivity index (χ4v) is 2.20. The number of hydrogen-bond donors (Lipinski definition) is 2. The summed E-state index contributed by atoms with van der Waals surface area (Å²) >= 11 is 16.6. The molecule has 27 heavy (non-hydrogen) atoms. The Morgan fingerprint density at radius 1 is 1.07 bits per heavy atom. The molecule has 154 valence electrons. The predicted molar refractivity (Wildman–Crippen MR) is 91.5 cm³/mol. The maximum Gasteiger partial charge on any atom is 0.303 e. The van der Waals surface area contributed by atoms with Gasteiger partial charge in [0.25, 0.3) is 3.79 Å². The Labute approximate surface area is 173 Å². The van der Waals surface area contributed by atoms with E-state index < -0.39 is 85.6 Å². The number of carbonyl (C=O) groups excluding carboxylic acids is 3. The highest BCUT2D eigenvalue weighted by Crippen LogP contribution is 2.32. The number of rotatable bonds is 5. The fraction of sp³-hybridized carbons (Fsp3) is 0.714. The summed E-state index contributed by atoms with van der Waals surface area (Å²) in [5.41, 5.74) is 0. The maximum absolute atomic E-state index is 11.6. The average molecular weight is 454 g/mol. The first-order valence-corrected chi connectivity index (χ1v) is 8.16. The molecular formula is C14H18Cl3NO9. The molecule has 1 rings (SSSR count). The van der Waals surface area contributed by atoms with E-state index >= 15 is 0 Å². The lowest BCUT2D eigenvalue weighted by Gasteiger charge is -2.42. The van der Waals surface area contributed by atoms with Crippen LogP contribution in [0.5, 0.6) is 0 Å². The van der Waals surface area contributed by atoms with Crippen LogP contribution in [0.1, 0.15) is 24.8 Å². The van der Waals surface area contributed by atoms with Crippen molar-refractivity contribution in [3.05, 3.63) is 0 Å². The molecule has 1 saturated heterocycles. The molecule has 1 unspecified atom stereocenters. The molecule has 1 aliphatic heterocycles. The van der Waals surface area contributed by atoms with Gasteiger partial charge in [0.1, 0.15) is 12.7 Å². The molecular weight excluding hydrogens is 433 g/mol. The lowest BCUT2D eigenvalue weighted by atomic mass is 9.98. The number of carbonyl (C=O) groups is 3. The number of halogens is 3. The Balaban J connectivity index is 3.21. The lowest BCUT2D eigenvalue weighted by Crippen LogP contribution is -2.62. The number of aliphatic hydroxyl groups excluding tert-OH is 1. The number of esters is 3. The Morgan fingerprint density at radius 2 is 1.63 bits per heavy atom. The van der Waals surface area contributed by atoms with Crippen LogP contribution >= 0.6 is 34.8 Å². The first kappa shape index (κ1) is 19.0. The molecule has 0 aromatic rings. The summed E-state index contributed by atoms with van der Waals surface area (Å²) in [6, 6.07) is 0. The van der Waals surface area contributed by atoms with Gasteiger partial charge in [0.15, 0.2) is 18.3 Å².